The van der Waals surface area contributed by atoms with Gasteiger partial charge in [-0.1, -0.05) is 60.2 Å². The van der Waals surface area contributed by atoms with E-state index >= 15 is 0 Å². The molecule has 2 heterocycles. The Bertz CT molecular complexity index is 1260. The summed E-state index contributed by atoms with van der Waals surface area (Å²) in [6.45, 7) is 7.07. The van der Waals surface area contributed by atoms with Crippen molar-refractivity contribution in [3.8, 4) is 0 Å². The molecule has 2 aliphatic heterocycles. The topological polar surface area (TPSA) is 55.9 Å². The normalized spacial score (nSPS) is 19.6. The number of nitrogens with zero attached hydrogens (tertiary/aromatic N) is 3. The van der Waals surface area contributed by atoms with Crippen molar-refractivity contribution in [2.75, 3.05) is 39.3 Å². The van der Waals surface area contributed by atoms with E-state index in [1.807, 2.05) is 11.0 Å². The smallest absolute Gasteiger partial charge is 0.254 e. The van der Waals surface area contributed by atoms with Crippen molar-refractivity contribution >= 4 is 11.8 Å². The highest BCUT2D eigenvalue weighted by molar-refractivity contribution is 5.98. The molecule has 5 rings (SSSR count). The number of benzene rings is 3. The summed E-state index contributed by atoms with van der Waals surface area (Å²) >= 11 is 0. The van der Waals surface area contributed by atoms with Gasteiger partial charge in [0, 0.05) is 50.9 Å². The fourth-order valence-electron chi connectivity index (χ4n) is 5.81. The van der Waals surface area contributed by atoms with Gasteiger partial charge in [0.25, 0.3) is 5.91 Å². The van der Waals surface area contributed by atoms with Crippen LogP contribution in [-0.4, -0.2) is 77.9 Å². The van der Waals surface area contributed by atoms with Crippen LogP contribution in [0.5, 0.6) is 0 Å². The van der Waals surface area contributed by atoms with Crippen LogP contribution < -0.4 is 5.32 Å². The summed E-state index contributed by atoms with van der Waals surface area (Å²) < 4.78 is 13.6. The zero-order valence-corrected chi connectivity index (χ0v) is 23.3. The van der Waals surface area contributed by atoms with E-state index in [1.54, 1.807) is 4.90 Å². The quantitative estimate of drug-likeness (QED) is 0.462. The second-order valence-electron chi connectivity index (χ2n) is 11.0. The molecular formula is C33H39FN4O2. The van der Waals surface area contributed by atoms with Crippen molar-refractivity contribution in [2.45, 2.75) is 44.8 Å². The Morgan fingerprint density at radius 1 is 0.925 bits per heavy atom. The fourth-order valence-corrected chi connectivity index (χ4v) is 5.81. The van der Waals surface area contributed by atoms with Gasteiger partial charge in [-0.15, -0.1) is 0 Å². The van der Waals surface area contributed by atoms with Gasteiger partial charge in [0.05, 0.1) is 0 Å². The second-order valence-corrected chi connectivity index (χ2v) is 11.0. The monoisotopic (exact) mass is 542 g/mol. The molecule has 0 bridgehead atoms. The van der Waals surface area contributed by atoms with Crippen molar-refractivity contribution in [3.05, 3.63) is 107 Å². The Hall–Kier alpha value is -3.55. The Kier molecular flexibility index (Phi) is 9.24. The van der Waals surface area contributed by atoms with E-state index in [1.165, 1.54) is 41.0 Å². The molecule has 2 saturated heterocycles. The lowest BCUT2D eigenvalue weighted by molar-refractivity contribution is -0.135. The minimum absolute atomic E-state index is 0.0139. The van der Waals surface area contributed by atoms with Crippen LogP contribution >= 0.6 is 0 Å². The first kappa shape index (κ1) is 28.0. The average Bonchev–Trinajstić information content (AvgIpc) is 3.24. The predicted molar refractivity (Wildman–Crippen MR) is 155 cm³/mol. The van der Waals surface area contributed by atoms with Crippen molar-refractivity contribution in [3.63, 3.8) is 0 Å². The number of carbonyl (C=O) groups excluding carboxylic acids is 2. The first-order valence-electron chi connectivity index (χ1n) is 14.4. The number of hydrogen-bond acceptors (Lipinski definition) is 4. The number of rotatable bonds is 8. The summed E-state index contributed by atoms with van der Waals surface area (Å²) in [4.78, 5) is 33.8. The number of nitrogens with one attached hydrogen (secondary N) is 1. The molecule has 3 aromatic carbocycles. The molecule has 2 amide bonds. The van der Waals surface area contributed by atoms with Crippen molar-refractivity contribution < 1.29 is 14.0 Å². The molecule has 0 aromatic heterocycles. The number of amides is 2. The predicted octanol–water partition coefficient (Wildman–Crippen LogP) is 4.28. The molecule has 2 unspecified atom stereocenters. The van der Waals surface area contributed by atoms with Crippen LogP contribution in [0.25, 0.3) is 0 Å². The minimum atomic E-state index is -0.544. The SMILES string of the molecule is Cc1ccc(CN(CCc2ccccc2)C2CC(C(=O)N3CCCNCC3)N(C(=O)c3ccc(F)cc3)C2)cc1. The molecule has 1 N–H and O–H groups in total. The fraction of sp³-hybridized carbons (Fsp3) is 0.394. The summed E-state index contributed by atoms with van der Waals surface area (Å²) in [6.07, 6.45) is 2.35. The number of likely N-dealkylation sites (tertiary alicyclic amines) is 1. The maximum absolute atomic E-state index is 13.9. The molecule has 210 valence electrons. The number of halogens is 1. The lowest BCUT2D eigenvalue weighted by Gasteiger charge is -2.29. The van der Waals surface area contributed by atoms with Crippen LogP contribution in [0.15, 0.2) is 78.9 Å². The summed E-state index contributed by atoms with van der Waals surface area (Å²) in [5.74, 6) is -0.585. The molecule has 0 saturated carbocycles. The van der Waals surface area contributed by atoms with Crippen LogP contribution in [-0.2, 0) is 17.8 Å². The Morgan fingerprint density at radius 3 is 2.42 bits per heavy atom. The molecule has 2 fully saturated rings. The summed E-state index contributed by atoms with van der Waals surface area (Å²) in [5, 5.41) is 3.36. The van der Waals surface area contributed by atoms with Gasteiger partial charge in [0.2, 0.25) is 5.91 Å². The van der Waals surface area contributed by atoms with E-state index in [9.17, 15) is 14.0 Å². The highest BCUT2D eigenvalue weighted by Crippen LogP contribution is 2.28. The molecule has 7 heteroatoms. The lowest BCUT2D eigenvalue weighted by Crippen LogP contribution is -2.48. The lowest BCUT2D eigenvalue weighted by atomic mass is 10.1. The minimum Gasteiger partial charge on any atom is -0.340 e. The molecule has 40 heavy (non-hydrogen) atoms. The first-order valence-corrected chi connectivity index (χ1v) is 14.4. The third-order valence-electron chi connectivity index (χ3n) is 8.12. The zero-order valence-electron chi connectivity index (χ0n) is 23.3. The molecule has 6 nitrogen and oxygen atoms in total. The van der Waals surface area contributed by atoms with Crippen molar-refractivity contribution in [2.24, 2.45) is 0 Å². The van der Waals surface area contributed by atoms with Gasteiger partial charge in [-0.05, 0) is 68.1 Å². The number of aryl methyl sites for hydroxylation is 1. The second kappa shape index (κ2) is 13.2. The molecule has 3 aromatic rings. The Morgan fingerprint density at radius 2 is 1.68 bits per heavy atom. The molecular weight excluding hydrogens is 503 g/mol. The molecule has 2 atom stereocenters. The van der Waals surface area contributed by atoms with Gasteiger partial charge < -0.3 is 15.1 Å². The van der Waals surface area contributed by atoms with Gasteiger partial charge in [-0.2, -0.15) is 0 Å². The maximum atomic E-state index is 13.9. The third-order valence-corrected chi connectivity index (χ3v) is 8.12. The van der Waals surface area contributed by atoms with E-state index in [0.717, 1.165) is 39.0 Å². The molecule has 0 radical (unpaired) electrons. The van der Waals surface area contributed by atoms with E-state index in [0.29, 0.717) is 31.6 Å². The van der Waals surface area contributed by atoms with Crippen LogP contribution in [0.3, 0.4) is 0 Å². The third kappa shape index (κ3) is 6.95. The number of carbonyl (C=O) groups is 2. The molecule has 2 aliphatic rings. The molecule has 0 aliphatic carbocycles. The highest BCUT2D eigenvalue weighted by Gasteiger charge is 2.43. The largest absolute Gasteiger partial charge is 0.340 e. The van der Waals surface area contributed by atoms with Crippen LogP contribution in [0.1, 0.15) is 39.9 Å². The van der Waals surface area contributed by atoms with Crippen LogP contribution in [0.2, 0.25) is 0 Å². The van der Waals surface area contributed by atoms with E-state index in [-0.39, 0.29) is 23.7 Å². The first-order chi connectivity index (χ1) is 19.5. The summed E-state index contributed by atoms with van der Waals surface area (Å²) in [6, 6.07) is 24.1. The average molecular weight is 543 g/mol. The van der Waals surface area contributed by atoms with E-state index < -0.39 is 6.04 Å². The van der Waals surface area contributed by atoms with Gasteiger partial charge >= 0.3 is 0 Å². The van der Waals surface area contributed by atoms with E-state index in [4.69, 9.17) is 0 Å². The highest BCUT2D eigenvalue weighted by atomic mass is 19.1. The summed E-state index contributed by atoms with van der Waals surface area (Å²) in [7, 11) is 0. The Labute approximate surface area is 236 Å². The maximum Gasteiger partial charge on any atom is 0.254 e. The van der Waals surface area contributed by atoms with Crippen molar-refractivity contribution in [1.82, 2.24) is 20.0 Å². The molecule has 0 spiro atoms. The van der Waals surface area contributed by atoms with Gasteiger partial charge in [0.15, 0.2) is 0 Å². The Balaban J connectivity index is 1.41. The van der Waals surface area contributed by atoms with Gasteiger partial charge in [-0.3, -0.25) is 14.5 Å². The van der Waals surface area contributed by atoms with Gasteiger partial charge in [0.1, 0.15) is 11.9 Å². The van der Waals surface area contributed by atoms with Gasteiger partial charge in [-0.25, -0.2) is 4.39 Å². The number of hydrogen-bond donors (Lipinski definition) is 1. The van der Waals surface area contributed by atoms with Crippen LogP contribution in [0.4, 0.5) is 4.39 Å². The summed E-state index contributed by atoms with van der Waals surface area (Å²) in [5.41, 5.74) is 4.10. The van der Waals surface area contributed by atoms with E-state index in [2.05, 4.69) is 65.7 Å². The standard InChI is InChI=1S/C33H39FN4O2/c1-25-8-10-27(11-9-25)23-37(20-16-26-6-3-2-4-7-26)30-22-31(33(40)36-19-5-17-35-18-21-36)38(24-30)32(39)28-12-14-29(34)15-13-28/h2-4,6-15,30-31,35H,5,16-24H2,1H3. The van der Waals surface area contributed by atoms with Crippen molar-refractivity contribution in [1.29, 1.82) is 0 Å². The van der Waals surface area contributed by atoms with Crippen LogP contribution in [0, 0.1) is 12.7 Å². The zero-order chi connectivity index (χ0) is 27.9.